The minimum atomic E-state index is -0.0815. The second-order valence-electron chi connectivity index (χ2n) is 4.24. The molecule has 1 atom stereocenters. The number of nitrogens with two attached hydrogens (primary N) is 1. The third-order valence-electron chi connectivity index (χ3n) is 2.54. The topological polar surface area (TPSA) is 48.1 Å². The molecule has 2 aromatic rings. The molecule has 0 saturated carbocycles. The van der Waals surface area contributed by atoms with Gasteiger partial charge in [0.15, 0.2) is 0 Å². The summed E-state index contributed by atoms with van der Waals surface area (Å²) in [5.74, 6) is 1.27. The minimum Gasteiger partial charge on any atom is -0.454 e. The first kappa shape index (κ1) is 12.9. The summed E-state index contributed by atoms with van der Waals surface area (Å²) in [7, 11) is 0. The molecule has 2 N–H and O–H groups in total. The summed E-state index contributed by atoms with van der Waals surface area (Å²) in [6, 6.07) is 9.26. The van der Waals surface area contributed by atoms with Crippen molar-refractivity contribution in [2.24, 2.45) is 5.73 Å². The van der Waals surface area contributed by atoms with E-state index in [1.165, 1.54) is 0 Å². The molecule has 18 heavy (non-hydrogen) atoms. The minimum absolute atomic E-state index is 0.0815. The van der Waals surface area contributed by atoms with Gasteiger partial charge in [0, 0.05) is 6.04 Å². The van der Waals surface area contributed by atoms with Crippen LogP contribution in [0.1, 0.15) is 24.2 Å². The van der Waals surface area contributed by atoms with Gasteiger partial charge in [-0.05, 0) is 43.7 Å². The van der Waals surface area contributed by atoms with E-state index in [9.17, 15) is 0 Å². The Hall–Kier alpha value is -1.58. The zero-order chi connectivity index (χ0) is 13.1. The van der Waals surface area contributed by atoms with Gasteiger partial charge in [-0.1, -0.05) is 17.7 Å². The van der Waals surface area contributed by atoms with Crippen LogP contribution in [0.15, 0.2) is 36.5 Å². The lowest BCUT2D eigenvalue weighted by molar-refractivity contribution is 0.479. The lowest BCUT2D eigenvalue weighted by Crippen LogP contribution is -2.06. The van der Waals surface area contributed by atoms with Gasteiger partial charge in [-0.3, -0.25) is 4.98 Å². The van der Waals surface area contributed by atoms with Crippen molar-refractivity contribution in [1.29, 1.82) is 0 Å². The van der Waals surface area contributed by atoms with Crippen LogP contribution < -0.4 is 10.5 Å². The SMILES string of the molecule is Cc1ccc(Oc2ccc(C(C)N)nc2)c(Cl)c1. The Bertz CT molecular complexity index is 538. The molecule has 0 spiro atoms. The van der Waals surface area contributed by atoms with Crippen LogP contribution in [-0.2, 0) is 0 Å². The van der Waals surface area contributed by atoms with Crippen molar-refractivity contribution in [3.8, 4) is 11.5 Å². The van der Waals surface area contributed by atoms with Crippen molar-refractivity contribution in [1.82, 2.24) is 4.98 Å². The first-order chi connectivity index (χ1) is 8.56. The van der Waals surface area contributed by atoms with Crippen LogP contribution in [0.5, 0.6) is 11.5 Å². The van der Waals surface area contributed by atoms with E-state index in [0.717, 1.165) is 11.3 Å². The standard InChI is InChI=1S/C14H15ClN2O/c1-9-3-6-14(12(15)7-9)18-11-4-5-13(10(2)16)17-8-11/h3-8,10H,16H2,1-2H3. The highest BCUT2D eigenvalue weighted by Gasteiger charge is 2.05. The molecule has 0 aliphatic rings. The van der Waals surface area contributed by atoms with Gasteiger partial charge in [-0.25, -0.2) is 0 Å². The number of nitrogens with zero attached hydrogens (tertiary/aromatic N) is 1. The lowest BCUT2D eigenvalue weighted by Gasteiger charge is -2.09. The molecule has 1 aromatic carbocycles. The molecule has 0 aliphatic carbocycles. The van der Waals surface area contributed by atoms with Crippen molar-refractivity contribution in [3.05, 3.63) is 52.8 Å². The number of rotatable bonds is 3. The second kappa shape index (κ2) is 5.38. The fourth-order valence-electron chi connectivity index (χ4n) is 1.54. The highest BCUT2D eigenvalue weighted by atomic mass is 35.5. The van der Waals surface area contributed by atoms with E-state index in [1.807, 2.05) is 44.2 Å². The zero-order valence-electron chi connectivity index (χ0n) is 10.4. The summed E-state index contributed by atoms with van der Waals surface area (Å²) in [6.07, 6.45) is 1.65. The zero-order valence-corrected chi connectivity index (χ0v) is 11.1. The molecule has 1 heterocycles. The maximum Gasteiger partial charge on any atom is 0.146 e. The molecule has 0 saturated heterocycles. The molecule has 1 unspecified atom stereocenters. The Balaban J connectivity index is 2.18. The van der Waals surface area contributed by atoms with Crippen LogP contribution >= 0.6 is 11.6 Å². The quantitative estimate of drug-likeness (QED) is 0.914. The van der Waals surface area contributed by atoms with Gasteiger partial charge in [0.2, 0.25) is 0 Å². The first-order valence-corrected chi connectivity index (χ1v) is 6.09. The van der Waals surface area contributed by atoms with Crippen molar-refractivity contribution >= 4 is 11.6 Å². The van der Waals surface area contributed by atoms with E-state index in [1.54, 1.807) is 6.20 Å². The summed E-state index contributed by atoms with van der Waals surface area (Å²) in [6.45, 7) is 3.87. The van der Waals surface area contributed by atoms with Crippen LogP contribution in [0.4, 0.5) is 0 Å². The molecule has 0 fully saturated rings. The van der Waals surface area contributed by atoms with Gasteiger partial charge in [-0.2, -0.15) is 0 Å². The van der Waals surface area contributed by atoms with Crippen LogP contribution in [0.2, 0.25) is 5.02 Å². The van der Waals surface area contributed by atoms with E-state index < -0.39 is 0 Å². The van der Waals surface area contributed by atoms with Crippen molar-refractivity contribution < 1.29 is 4.74 Å². The maximum atomic E-state index is 6.10. The Morgan fingerprint density at radius 2 is 2.06 bits per heavy atom. The third-order valence-corrected chi connectivity index (χ3v) is 2.84. The van der Waals surface area contributed by atoms with E-state index in [4.69, 9.17) is 22.1 Å². The summed E-state index contributed by atoms with van der Waals surface area (Å²) in [5, 5.41) is 0.589. The Kier molecular flexibility index (Phi) is 3.84. The number of hydrogen-bond acceptors (Lipinski definition) is 3. The summed E-state index contributed by atoms with van der Waals surface area (Å²) < 4.78 is 5.66. The number of benzene rings is 1. The van der Waals surface area contributed by atoms with Gasteiger partial charge in [0.05, 0.1) is 16.9 Å². The smallest absolute Gasteiger partial charge is 0.146 e. The highest BCUT2D eigenvalue weighted by molar-refractivity contribution is 6.32. The van der Waals surface area contributed by atoms with E-state index in [0.29, 0.717) is 16.5 Å². The normalized spacial score (nSPS) is 12.2. The van der Waals surface area contributed by atoms with Gasteiger partial charge in [0.25, 0.3) is 0 Å². The van der Waals surface area contributed by atoms with Crippen LogP contribution in [0.25, 0.3) is 0 Å². The number of pyridine rings is 1. The van der Waals surface area contributed by atoms with Crippen molar-refractivity contribution in [2.45, 2.75) is 19.9 Å². The largest absolute Gasteiger partial charge is 0.454 e. The van der Waals surface area contributed by atoms with Crippen molar-refractivity contribution in [2.75, 3.05) is 0 Å². The number of hydrogen-bond donors (Lipinski definition) is 1. The molecule has 0 amide bonds. The number of halogens is 1. The second-order valence-corrected chi connectivity index (χ2v) is 4.65. The number of aryl methyl sites for hydroxylation is 1. The number of aromatic nitrogens is 1. The molecule has 94 valence electrons. The van der Waals surface area contributed by atoms with Crippen LogP contribution in [0.3, 0.4) is 0 Å². The van der Waals surface area contributed by atoms with Gasteiger partial charge in [-0.15, -0.1) is 0 Å². The molecule has 0 aliphatic heterocycles. The fraction of sp³-hybridized carbons (Fsp3) is 0.214. The first-order valence-electron chi connectivity index (χ1n) is 5.72. The average Bonchev–Trinajstić information content (AvgIpc) is 2.33. The Morgan fingerprint density at radius 1 is 1.28 bits per heavy atom. The van der Waals surface area contributed by atoms with E-state index >= 15 is 0 Å². The summed E-state index contributed by atoms with van der Waals surface area (Å²) in [4.78, 5) is 4.23. The third kappa shape index (κ3) is 3.00. The molecule has 2 rings (SSSR count). The Labute approximate surface area is 112 Å². The van der Waals surface area contributed by atoms with Gasteiger partial charge >= 0.3 is 0 Å². The lowest BCUT2D eigenvalue weighted by atomic mass is 10.2. The molecule has 0 radical (unpaired) electrons. The predicted octanol–water partition coefficient (Wildman–Crippen LogP) is 3.86. The predicted molar refractivity (Wildman–Crippen MR) is 73.1 cm³/mol. The molecular formula is C14H15ClN2O. The van der Waals surface area contributed by atoms with Crippen LogP contribution in [-0.4, -0.2) is 4.98 Å². The van der Waals surface area contributed by atoms with E-state index in [-0.39, 0.29) is 6.04 Å². The van der Waals surface area contributed by atoms with Gasteiger partial charge in [0.1, 0.15) is 11.5 Å². The van der Waals surface area contributed by atoms with Crippen molar-refractivity contribution in [3.63, 3.8) is 0 Å². The fourth-order valence-corrected chi connectivity index (χ4v) is 1.81. The molecular weight excluding hydrogens is 248 g/mol. The Morgan fingerprint density at radius 3 is 2.61 bits per heavy atom. The summed E-state index contributed by atoms with van der Waals surface area (Å²) in [5.41, 5.74) is 7.66. The maximum absolute atomic E-state index is 6.10. The number of ether oxygens (including phenoxy) is 1. The molecule has 1 aromatic heterocycles. The average molecular weight is 263 g/mol. The molecule has 4 heteroatoms. The highest BCUT2D eigenvalue weighted by Crippen LogP contribution is 2.29. The summed E-state index contributed by atoms with van der Waals surface area (Å²) >= 11 is 6.10. The van der Waals surface area contributed by atoms with E-state index in [2.05, 4.69) is 4.98 Å². The molecule has 3 nitrogen and oxygen atoms in total. The van der Waals surface area contributed by atoms with Crippen LogP contribution in [0, 0.1) is 6.92 Å². The molecule has 0 bridgehead atoms. The monoisotopic (exact) mass is 262 g/mol. The van der Waals surface area contributed by atoms with Gasteiger partial charge < -0.3 is 10.5 Å².